The lowest BCUT2D eigenvalue weighted by Gasteiger charge is -2.15. The number of nitrogens with one attached hydrogen (secondary N) is 2. The van der Waals surface area contributed by atoms with Gasteiger partial charge in [0, 0.05) is 12.6 Å². The third kappa shape index (κ3) is 4.64. The first-order valence-electron chi connectivity index (χ1n) is 9.00. The van der Waals surface area contributed by atoms with E-state index in [9.17, 15) is 14.7 Å². The Hall–Kier alpha value is -3.58. The molecule has 7 nitrogen and oxygen atoms in total. The molecule has 0 bridgehead atoms. The van der Waals surface area contributed by atoms with Gasteiger partial charge in [0.25, 0.3) is 0 Å². The topological polar surface area (TPSA) is 96.9 Å². The third-order valence-electron chi connectivity index (χ3n) is 4.50. The van der Waals surface area contributed by atoms with E-state index in [1.165, 1.54) is 14.2 Å². The number of aliphatic hydroxyl groups is 1. The van der Waals surface area contributed by atoms with Crippen molar-refractivity contribution in [3.8, 4) is 11.5 Å². The van der Waals surface area contributed by atoms with Gasteiger partial charge in [0.05, 0.1) is 26.0 Å². The molecule has 0 heterocycles. The van der Waals surface area contributed by atoms with Gasteiger partial charge in [-0.15, -0.1) is 0 Å². The Morgan fingerprint density at radius 3 is 2.48 bits per heavy atom. The fourth-order valence-corrected chi connectivity index (χ4v) is 3.00. The average Bonchev–Trinajstić information content (AvgIpc) is 2.76. The minimum absolute atomic E-state index is 0.0972. The number of amides is 2. The zero-order valence-corrected chi connectivity index (χ0v) is 16.1. The number of benzene rings is 3. The molecule has 0 saturated carbocycles. The normalized spacial score (nSPS) is 11.6. The lowest BCUT2D eigenvalue weighted by atomic mass is 10.0. The monoisotopic (exact) mass is 394 g/mol. The van der Waals surface area contributed by atoms with Crippen LogP contribution >= 0.6 is 0 Å². The van der Waals surface area contributed by atoms with Crippen LogP contribution in [0.3, 0.4) is 0 Å². The molecule has 1 atom stereocenters. The minimum atomic E-state index is -0.951. The molecule has 2 amide bonds. The zero-order valence-electron chi connectivity index (χ0n) is 16.1. The smallest absolute Gasteiger partial charge is 0.313 e. The lowest BCUT2D eigenvalue weighted by Crippen LogP contribution is -2.37. The quantitative estimate of drug-likeness (QED) is 0.559. The Morgan fingerprint density at radius 2 is 1.72 bits per heavy atom. The number of methoxy groups -OCH3 is 2. The third-order valence-corrected chi connectivity index (χ3v) is 4.50. The van der Waals surface area contributed by atoms with Gasteiger partial charge in [-0.2, -0.15) is 0 Å². The summed E-state index contributed by atoms with van der Waals surface area (Å²) in [6.07, 6.45) is -0.951. The maximum Gasteiger partial charge on any atom is 0.313 e. The second-order valence-electron chi connectivity index (χ2n) is 6.31. The van der Waals surface area contributed by atoms with Gasteiger partial charge < -0.3 is 25.2 Å². The van der Waals surface area contributed by atoms with E-state index in [0.29, 0.717) is 22.7 Å². The van der Waals surface area contributed by atoms with Gasteiger partial charge in [-0.3, -0.25) is 9.59 Å². The fourth-order valence-electron chi connectivity index (χ4n) is 3.00. The molecule has 3 N–H and O–H groups in total. The highest BCUT2D eigenvalue weighted by atomic mass is 16.5. The molecule has 0 aliphatic rings. The first-order valence-corrected chi connectivity index (χ1v) is 9.00. The van der Waals surface area contributed by atoms with Crippen molar-refractivity contribution in [2.24, 2.45) is 0 Å². The fraction of sp³-hybridized carbons (Fsp3) is 0.182. The highest BCUT2D eigenvalue weighted by Crippen LogP contribution is 2.29. The number of hydrogen-bond acceptors (Lipinski definition) is 5. The number of fused-ring (bicyclic) bond motifs is 1. The second kappa shape index (κ2) is 9.07. The summed E-state index contributed by atoms with van der Waals surface area (Å²) in [7, 11) is 2.97. The summed E-state index contributed by atoms with van der Waals surface area (Å²) < 4.78 is 10.3. The number of anilines is 1. The molecule has 0 aromatic heterocycles. The second-order valence-corrected chi connectivity index (χ2v) is 6.31. The zero-order chi connectivity index (χ0) is 20.8. The Kier molecular flexibility index (Phi) is 6.31. The summed E-state index contributed by atoms with van der Waals surface area (Å²) >= 11 is 0. The van der Waals surface area contributed by atoms with Crippen molar-refractivity contribution in [2.75, 3.05) is 26.1 Å². The summed E-state index contributed by atoms with van der Waals surface area (Å²) in [5, 5.41) is 17.3. The summed E-state index contributed by atoms with van der Waals surface area (Å²) in [4.78, 5) is 24.4. The van der Waals surface area contributed by atoms with Crippen molar-refractivity contribution >= 4 is 28.3 Å². The van der Waals surface area contributed by atoms with Gasteiger partial charge >= 0.3 is 11.8 Å². The van der Waals surface area contributed by atoms with Crippen LogP contribution in [0.1, 0.15) is 11.7 Å². The Labute approximate surface area is 168 Å². The molecular weight excluding hydrogens is 372 g/mol. The van der Waals surface area contributed by atoms with Gasteiger partial charge in [-0.05, 0) is 28.5 Å². The number of aliphatic hydroxyl groups excluding tert-OH is 1. The van der Waals surface area contributed by atoms with Crippen LogP contribution in [0.15, 0.2) is 60.7 Å². The standard InChI is InChI=1S/C22H22N2O5/c1-28-15-10-11-18(20(12-15)29-2)24-22(27)21(26)23-13-19(25)17-9-5-7-14-6-3-4-8-16(14)17/h3-12,19,25H,13H2,1-2H3,(H,23,26)(H,24,27)/t19-/m0/s1. The molecule has 0 fully saturated rings. The lowest BCUT2D eigenvalue weighted by molar-refractivity contribution is -0.136. The molecule has 0 aliphatic carbocycles. The van der Waals surface area contributed by atoms with Crippen LogP contribution < -0.4 is 20.1 Å². The molecule has 3 aromatic rings. The molecule has 29 heavy (non-hydrogen) atoms. The van der Waals surface area contributed by atoms with E-state index < -0.39 is 17.9 Å². The van der Waals surface area contributed by atoms with E-state index >= 15 is 0 Å². The Bertz CT molecular complexity index is 1030. The van der Waals surface area contributed by atoms with Crippen LogP contribution in [0, 0.1) is 0 Å². The molecule has 0 radical (unpaired) electrons. The molecule has 3 rings (SSSR count). The number of carbonyl (C=O) groups is 2. The highest BCUT2D eigenvalue weighted by molar-refractivity contribution is 6.39. The predicted molar refractivity (Wildman–Crippen MR) is 110 cm³/mol. The van der Waals surface area contributed by atoms with Gasteiger partial charge in [0.1, 0.15) is 11.5 Å². The number of rotatable bonds is 6. The number of hydrogen-bond donors (Lipinski definition) is 3. The summed E-state index contributed by atoms with van der Waals surface area (Å²) in [6, 6.07) is 18.0. The van der Waals surface area contributed by atoms with E-state index in [-0.39, 0.29) is 6.54 Å². The van der Waals surface area contributed by atoms with Crippen molar-refractivity contribution in [3.63, 3.8) is 0 Å². The van der Waals surface area contributed by atoms with Crippen LogP contribution in [0.25, 0.3) is 10.8 Å². The van der Waals surface area contributed by atoms with Gasteiger partial charge in [-0.1, -0.05) is 42.5 Å². The Balaban J connectivity index is 1.64. The first-order chi connectivity index (χ1) is 14.0. The summed E-state index contributed by atoms with van der Waals surface area (Å²) in [6.45, 7) is -0.0972. The highest BCUT2D eigenvalue weighted by Gasteiger charge is 2.18. The number of ether oxygens (including phenoxy) is 2. The van der Waals surface area contributed by atoms with Crippen molar-refractivity contribution < 1.29 is 24.2 Å². The molecule has 3 aromatic carbocycles. The van der Waals surface area contributed by atoms with Crippen LogP contribution in [0.2, 0.25) is 0 Å². The van der Waals surface area contributed by atoms with Crippen molar-refractivity contribution in [1.82, 2.24) is 5.32 Å². The molecule has 0 saturated heterocycles. The van der Waals surface area contributed by atoms with E-state index in [1.807, 2.05) is 36.4 Å². The largest absolute Gasteiger partial charge is 0.497 e. The summed E-state index contributed by atoms with van der Waals surface area (Å²) in [5.74, 6) is -0.801. The van der Waals surface area contributed by atoms with E-state index in [4.69, 9.17) is 9.47 Å². The molecule has 7 heteroatoms. The molecule has 0 aliphatic heterocycles. The maximum atomic E-state index is 12.2. The van der Waals surface area contributed by atoms with Crippen LogP contribution in [0.5, 0.6) is 11.5 Å². The number of carbonyl (C=O) groups excluding carboxylic acids is 2. The molecule has 0 unspecified atom stereocenters. The van der Waals surface area contributed by atoms with Gasteiger partial charge in [-0.25, -0.2) is 0 Å². The van der Waals surface area contributed by atoms with Crippen LogP contribution in [-0.4, -0.2) is 37.7 Å². The van der Waals surface area contributed by atoms with Crippen molar-refractivity contribution in [3.05, 3.63) is 66.2 Å². The molecule has 0 spiro atoms. The first kappa shape index (κ1) is 20.2. The van der Waals surface area contributed by atoms with E-state index in [1.54, 1.807) is 24.3 Å². The van der Waals surface area contributed by atoms with Crippen LogP contribution in [-0.2, 0) is 9.59 Å². The molecular formula is C22H22N2O5. The predicted octanol–water partition coefficient (Wildman–Crippen LogP) is 2.65. The van der Waals surface area contributed by atoms with Crippen LogP contribution in [0.4, 0.5) is 5.69 Å². The molecule has 150 valence electrons. The van der Waals surface area contributed by atoms with Gasteiger partial charge in [0.2, 0.25) is 0 Å². The minimum Gasteiger partial charge on any atom is -0.497 e. The van der Waals surface area contributed by atoms with E-state index in [2.05, 4.69) is 10.6 Å². The van der Waals surface area contributed by atoms with Gasteiger partial charge in [0.15, 0.2) is 0 Å². The van der Waals surface area contributed by atoms with Crippen molar-refractivity contribution in [1.29, 1.82) is 0 Å². The Morgan fingerprint density at radius 1 is 0.966 bits per heavy atom. The van der Waals surface area contributed by atoms with Crippen molar-refractivity contribution in [2.45, 2.75) is 6.10 Å². The SMILES string of the molecule is COc1ccc(NC(=O)C(=O)NC[C@H](O)c2cccc3ccccc23)c(OC)c1. The maximum absolute atomic E-state index is 12.2. The van der Waals surface area contributed by atoms with E-state index in [0.717, 1.165) is 10.8 Å². The average molecular weight is 394 g/mol. The summed E-state index contributed by atoms with van der Waals surface area (Å²) in [5.41, 5.74) is 1.02.